The molecule has 0 unspecified atom stereocenters. The molecule has 0 aliphatic heterocycles. The van der Waals surface area contributed by atoms with E-state index in [1.165, 1.54) is 6.33 Å². The lowest BCUT2D eigenvalue weighted by atomic mass is 10.2. The molecule has 0 aliphatic rings. The van der Waals surface area contributed by atoms with E-state index >= 15 is 0 Å². The van der Waals surface area contributed by atoms with Crippen molar-refractivity contribution in [1.82, 2.24) is 9.97 Å². The van der Waals surface area contributed by atoms with Gasteiger partial charge in [0.1, 0.15) is 0 Å². The SMILES string of the molecule is Cc1[nH]cnc1CNc1cc(F)c(F)c(F)c1. The lowest BCUT2D eigenvalue weighted by molar-refractivity contribution is 0.447. The molecule has 0 spiro atoms. The van der Waals surface area contributed by atoms with E-state index in [1.807, 2.05) is 6.92 Å². The summed E-state index contributed by atoms with van der Waals surface area (Å²) in [5.41, 5.74) is 1.76. The number of benzene rings is 1. The third kappa shape index (κ3) is 2.41. The van der Waals surface area contributed by atoms with Gasteiger partial charge in [0.05, 0.1) is 18.6 Å². The van der Waals surface area contributed by atoms with Crippen LogP contribution in [0.15, 0.2) is 18.5 Å². The van der Waals surface area contributed by atoms with E-state index in [-0.39, 0.29) is 5.69 Å². The van der Waals surface area contributed by atoms with Gasteiger partial charge in [0.15, 0.2) is 17.5 Å². The molecule has 1 heterocycles. The molecule has 0 fully saturated rings. The van der Waals surface area contributed by atoms with Crippen molar-refractivity contribution < 1.29 is 13.2 Å². The van der Waals surface area contributed by atoms with Gasteiger partial charge >= 0.3 is 0 Å². The topological polar surface area (TPSA) is 40.7 Å². The first-order valence-corrected chi connectivity index (χ1v) is 4.95. The molecule has 0 saturated carbocycles. The van der Waals surface area contributed by atoms with Crippen molar-refractivity contribution in [2.75, 3.05) is 5.32 Å². The Morgan fingerprint density at radius 3 is 2.41 bits per heavy atom. The van der Waals surface area contributed by atoms with Crippen LogP contribution in [0.1, 0.15) is 11.4 Å². The van der Waals surface area contributed by atoms with Crippen molar-refractivity contribution in [2.24, 2.45) is 0 Å². The van der Waals surface area contributed by atoms with Gasteiger partial charge < -0.3 is 10.3 Å². The molecule has 17 heavy (non-hydrogen) atoms. The summed E-state index contributed by atoms with van der Waals surface area (Å²) in [6.07, 6.45) is 1.53. The highest BCUT2D eigenvalue weighted by atomic mass is 19.2. The highest BCUT2D eigenvalue weighted by Crippen LogP contribution is 2.18. The van der Waals surface area contributed by atoms with Crippen LogP contribution in [0, 0.1) is 24.4 Å². The number of halogens is 3. The molecule has 0 amide bonds. The number of aromatic nitrogens is 2. The Hall–Kier alpha value is -1.98. The molecular weight excluding hydrogens is 231 g/mol. The van der Waals surface area contributed by atoms with Gasteiger partial charge in [0, 0.05) is 23.5 Å². The van der Waals surface area contributed by atoms with Crippen LogP contribution in [0.25, 0.3) is 0 Å². The fourth-order valence-electron chi connectivity index (χ4n) is 1.41. The van der Waals surface area contributed by atoms with Crippen molar-refractivity contribution >= 4 is 5.69 Å². The van der Waals surface area contributed by atoms with Gasteiger partial charge in [-0.3, -0.25) is 0 Å². The zero-order chi connectivity index (χ0) is 12.4. The minimum Gasteiger partial charge on any atom is -0.379 e. The molecule has 0 aliphatic carbocycles. The molecular formula is C11H10F3N3. The zero-order valence-electron chi connectivity index (χ0n) is 9.02. The molecule has 0 atom stereocenters. The molecule has 90 valence electrons. The Morgan fingerprint density at radius 2 is 1.88 bits per heavy atom. The summed E-state index contributed by atoms with van der Waals surface area (Å²) in [6, 6.07) is 1.81. The summed E-state index contributed by atoms with van der Waals surface area (Å²) in [5.74, 6) is -3.90. The monoisotopic (exact) mass is 241 g/mol. The van der Waals surface area contributed by atoms with E-state index in [2.05, 4.69) is 15.3 Å². The maximum Gasteiger partial charge on any atom is 0.194 e. The zero-order valence-corrected chi connectivity index (χ0v) is 9.02. The van der Waals surface area contributed by atoms with Gasteiger partial charge in [-0.1, -0.05) is 0 Å². The molecule has 0 bridgehead atoms. The highest BCUT2D eigenvalue weighted by molar-refractivity contribution is 5.44. The van der Waals surface area contributed by atoms with Crippen molar-refractivity contribution in [3.05, 3.63) is 47.3 Å². The summed E-state index contributed by atoms with van der Waals surface area (Å²) < 4.78 is 38.5. The second-order valence-corrected chi connectivity index (χ2v) is 3.58. The maximum atomic E-state index is 12.9. The number of aromatic amines is 1. The average molecular weight is 241 g/mol. The van der Waals surface area contributed by atoms with Gasteiger partial charge in [-0.25, -0.2) is 18.2 Å². The summed E-state index contributed by atoms with van der Waals surface area (Å²) in [5, 5.41) is 2.77. The fraction of sp³-hybridized carbons (Fsp3) is 0.182. The first kappa shape index (κ1) is 11.5. The van der Waals surface area contributed by atoms with Crippen LogP contribution in [-0.4, -0.2) is 9.97 Å². The van der Waals surface area contributed by atoms with Crippen LogP contribution in [0.2, 0.25) is 0 Å². The molecule has 0 radical (unpaired) electrons. The Balaban J connectivity index is 2.12. The van der Waals surface area contributed by atoms with Crippen LogP contribution < -0.4 is 5.32 Å². The molecule has 0 saturated heterocycles. The van der Waals surface area contributed by atoms with Gasteiger partial charge in [-0.2, -0.15) is 0 Å². The van der Waals surface area contributed by atoms with Gasteiger partial charge in [0.25, 0.3) is 0 Å². The summed E-state index contributed by atoms with van der Waals surface area (Å²) in [6.45, 7) is 2.13. The van der Waals surface area contributed by atoms with Gasteiger partial charge in [0.2, 0.25) is 0 Å². The maximum absolute atomic E-state index is 12.9. The van der Waals surface area contributed by atoms with Crippen LogP contribution >= 0.6 is 0 Å². The highest BCUT2D eigenvalue weighted by Gasteiger charge is 2.10. The molecule has 2 rings (SSSR count). The molecule has 2 aromatic rings. The van der Waals surface area contributed by atoms with Crippen LogP contribution in [0.4, 0.5) is 18.9 Å². The number of nitrogens with one attached hydrogen (secondary N) is 2. The normalized spacial score (nSPS) is 10.6. The molecule has 6 heteroatoms. The summed E-state index contributed by atoms with van der Waals surface area (Å²) in [4.78, 5) is 6.89. The predicted octanol–water partition coefficient (Wildman–Crippen LogP) is 2.75. The quantitative estimate of drug-likeness (QED) is 0.811. The Kier molecular flexibility index (Phi) is 3.03. The molecule has 3 nitrogen and oxygen atoms in total. The van der Waals surface area contributed by atoms with Crippen molar-refractivity contribution in [3.63, 3.8) is 0 Å². The fourth-order valence-corrected chi connectivity index (χ4v) is 1.41. The van der Waals surface area contributed by atoms with Crippen LogP contribution in [0.3, 0.4) is 0 Å². The molecule has 1 aromatic carbocycles. The second-order valence-electron chi connectivity index (χ2n) is 3.58. The number of anilines is 1. The third-order valence-electron chi connectivity index (χ3n) is 2.38. The van der Waals surface area contributed by atoms with Gasteiger partial charge in [-0.05, 0) is 6.92 Å². The van der Waals surface area contributed by atoms with E-state index in [4.69, 9.17) is 0 Å². The van der Waals surface area contributed by atoms with Crippen molar-refractivity contribution in [1.29, 1.82) is 0 Å². The lowest BCUT2D eigenvalue weighted by Crippen LogP contribution is -2.03. The smallest absolute Gasteiger partial charge is 0.194 e. The number of rotatable bonds is 3. The summed E-state index contributed by atoms with van der Waals surface area (Å²) in [7, 11) is 0. The standard InChI is InChI=1S/C11H10F3N3/c1-6-10(17-5-16-6)4-15-7-2-8(12)11(14)9(13)3-7/h2-3,5,15H,4H2,1H3,(H,16,17). The van der Waals surface area contributed by atoms with Gasteiger partial charge in [-0.15, -0.1) is 0 Å². The Morgan fingerprint density at radius 1 is 1.24 bits per heavy atom. The average Bonchev–Trinajstić information content (AvgIpc) is 2.69. The van der Waals surface area contributed by atoms with E-state index in [1.54, 1.807) is 0 Å². The Labute approximate surface area is 95.7 Å². The first-order valence-electron chi connectivity index (χ1n) is 4.95. The number of nitrogens with zero attached hydrogens (tertiary/aromatic N) is 1. The Bertz CT molecular complexity index is 514. The van der Waals surface area contributed by atoms with E-state index in [9.17, 15) is 13.2 Å². The van der Waals surface area contributed by atoms with E-state index in [0.717, 1.165) is 23.5 Å². The molecule has 2 N–H and O–H groups in total. The van der Waals surface area contributed by atoms with Crippen molar-refractivity contribution in [2.45, 2.75) is 13.5 Å². The van der Waals surface area contributed by atoms with E-state index < -0.39 is 17.5 Å². The number of hydrogen-bond donors (Lipinski definition) is 2. The number of aryl methyl sites for hydroxylation is 1. The number of imidazole rings is 1. The minimum atomic E-state index is -1.47. The minimum absolute atomic E-state index is 0.170. The second kappa shape index (κ2) is 4.48. The number of H-pyrrole nitrogens is 1. The lowest BCUT2D eigenvalue weighted by Gasteiger charge is -2.06. The van der Waals surface area contributed by atoms with E-state index in [0.29, 0.717) is 6.54 Å². The number of hydrogen-bond acceptors (Lipinski definition) is 2. The third-order valence-corrected chi connectivity index (χ3v) is 2.38. The summed E-state index contributed by atoms with van der Waals surface area (Å²) >= 11 is 0. The van der Waals surface area contributed by atoms with Crippen molar-refractivity contribution in [3.8, 4) is 0 Å². The van der Waals surface area contributed by atoms with Crippen LogP contribution in [-0.2, 0) is 6.54 Å². The molecule has 1 aromatic heterocycles. The predicted molar refractivity (Wildman–Crippen MR) is 57.0 cm³/mol. The van der Waals surface area contributed by atoms with Crippen LogP contribution in [0.5, 0.6) is 0 Å². The largest absolute Gasteiger partial charge is 0.379 e. The first-order chi connectivity index (χ1) is 8.08.